The molecule has 3 rings (SSSR count). The maximum absolute atomic E-state index is 5.78. The first-order valence-electron chi connectivity index (χ1n) is 5.78. The normalized spacial score (nSPS) is 13.7. The van der Waals surface area contributed by atoms with Crippen LogP contribution in [0.3, 0.4) is 0 Å². The third kappa shape index (κ3) is 1.76. The largest absolute Gasteiger partial charge is 0.375 e. The topological polar surface area (TPSA) is 38.9 Å². The van der Waals surface area contributed by atoms with E-state index in [1.54, 1.807) is 11.3 Å². The van der Waals surface area contributed by atoms with E-state index in [0.717, 1.165) is 18.5 Å². The Hall–Kier alpha value is -1.61. The fourth-order valence-corrected chi connectivity index (χ4v) is 3.03. The van der Waals surface area contributed by atoms with Gasteiger partial charge in [0.05, 0.1) is 5.69 Å². The van der Waals surface area contributed by atoms with E-state index in [1.165, 1.54) is 20.9 Å². The number of anilines is 1. The summed E-state index contributed by atoms with van der Waals surface area (Å²) >= 11 is 1.56. The number of thiazole rings is 1. The lowest BCUT2D eigenvalue weighted by atomic mass is 10.0. The molecule has 0 radical (unpaired) electrons. The van der Waals surface area contributed by atoms with Gasteiger partial charge in [-0.25, -0.2) is 4.98 Å². The highest BCUT2D eigenvalue weighted by molar-refractivity contribution is 7.15. The van der Waals surface area contributed by atoms with Crippen LogP contribution < -0.4 is 16.2 Å². The summed E-state index contributed by atoms with van der Waals surface area (Å²) in [6, 6.07) is 6.40. The Balaban J connectivity index is 2.33. The van der Waals surface area contributed by atoms with Gasteiger partial charge in [0.2, 0.25) is 0 Å². The van der Waals surface area contributed by atoms with Crippen molar-refractivity contribution in [2.24, 2.45) is 0 Å². The van der Waals surface area contributed by atoms with Gasteiger partial charge in [-0.3, -0.25) is 0 Å². The average Bonchev–Trinajstić information content (AvgIpc) is 2.68. The molecule has 2 nitrogen and oxygen atoms in total. The highest BCUT2D eigenvalue weighted by Gasteiger charge is 2.10. The van der Waals surface area contributed by atoms with Crippen LogP contribution in [0.1, 0.15) is 17.7 Å². The van der Waals surface area contributed by atoms with Crippen molar-refractivity contribution >= 4 is 28.6 Å². The van der Waals surface area contributed by atoms with Crippen molar-refractivity contribution < 1.29 is 0 Å². The molecule has 1 aliphatic carbocycles. The van der Waals surface area contributed by atoms with Gasteiger partial charge in [-0.2, -0.15) is 0 Å². The maximum atomic E-state index is 5.78. The summed E-state index contributed by atoms with van der Waals surface area (Å²) in [6.45, 7) is 2.08. The molecule has 1 aromatic heterocycles. The number of rotatable bonds is 1. The molecule has 2 aromatic rings. The van der Waals surface area contributed by atoms with Crippen molar-refractivity contribution in [3.63, 3.8) is 0 Å². The second kappa shape index (κ2) is 4.00. The van der Waals surface area contributed by atoms with Gasteiger partial charge in [-0.15, -0.1) is 11.3 Å². The molecule has 1 aromatic carbocycles. The monoisotopic (exact) mass is 242 g/mol. The standard InChI is InChI=1S/C14H14N2S/c1-9-13(16-14(15)17-9)12-8-4-6-10-5-2-3-7-11(10)12/h4-8H,2-3H2,1H3,(H2,15,16). The number of hydrogen-bond donors (Lipinski definition) is 1. The first-order chi connectivity index (χ1) is 8.25. The van der Waals surface area contributed by atoms with E-state index >= 15 is 0 Å². The van der Waals surface area contributed by atoms with Gasteiger partial charge in [0.25, 0.3) is 0 Å². The van der Waals surface area contributed by atoms with Gasteiger partial charge >= 0.3 is 0 Å². The van der Waals surface area contributed by atoms with Crippen LogP contribution in [0.4, 0.5) is 5.13 Å². The molecule has 0 spiro atoms. The number of aromatic nitrogens is 1. The summed E-state index contributed by atoms with van der Waals surface area (Å²) in [5.41, 5.74) is 8.03. The van der Waals surface area contributed by atoms with Crippen molar-refractivity contribution in [2.75, 3.05) is 5.73 Å². The van der Waals surface area contributed by atoms with Crippen LogP contribution in [0.5, 0.6) is 0 Å². The molecule has 1 aliphatic rings. The predicted octanol–water partition coefficient (Wildman–Crippen LogP) is 2.06. The zero-order valence-corrected chi connectivity index (χ0v) is 10.6. The van der Waals surface area contributed by atoms with Crippen LogP contribution in [0.15, 0.2) is 18.2 Å². The van der Waals surface area contributed by atoms with Crippen LogP contribution in [-0.4, -0.2) is 4.98 Å². The number of nitrogens with zero attached hydrogens (tertiary/aromatic N) is 1. The van der Waals surface area contributed by atoms with E-state index in [0.29, 0.717) is 5.13 Å². The fraction of sp³-hybridized carbons (Fsp3) is 0.214. The molecule has 86 valence electrons. The van der Waals surface area contributed by atoms with Crippen molar-refractivity contribution in [3.05, 3.63) is 33.5 Å². The first-order valence-corrected chi connectivity index (χ1v) is 6.60. The molecule has 0 saturated carbocycles. The molecule has 0 aliphatic heterocycles. The highest BCUT2D eigenvalue weighted by Crippen LogP contribution is 2.26. The van der Waals surface area contributed by atoms with Gasteiger partial charge < -0.3 is 5.73 Å². The van der Waals surface area contributed by atoms with Crippen molar-refractivity contribution in [1.29, 1.82) is 0 Å². The number of hydrogen-bond acceptors (Lipinski definition) is 3. The van der Waals surface area contributed by atoms with Crippen LogP contribution in [-0.2, 0) is 0 Å². The minimum atomic E-state index is 0.648. The SMILES string of the molecule is Cc1sc(N)nc1-c1cccc2c1=CCCC=2. The van der Waals surface area contributed by atoms with Crippen LogP contribution in [0.2, 0.25) is 0 Å². The van der Waals surface area contributed by atoms with Crippen molar-refractivity contribution in [3.8, 4) is 11.3 Å². The molecule has 17 heavy (non-hydrogen) atoms. The number of benzene rings is 1. The zero-order valence-electron chi connectivity index (χ0n) is 9.73. The summed E-state index contributed by atoms with van der Waals surface area (Å²) < 4.78 is 0. The molecule has 0 atom stereocenters. The predicted molar refractivity (Wildman–Crippen MR) is 74.1 cm³/mol. The van der Waals surface area contributed by atoms with Crippen LogP contribution >= 0.6 is 11.3 Å². The zero-order chi connectivity index (χ0) is 11.8. The van der Waals surface area contributed by atoms with Crippen molar-refractivity contribution in [1.82, 2.24) is 4.98 Å². The van der Waals surface area contributed by atoms with E-state index in [-0.39, 0.29) is 0 Å². The smallest absolute Gasteiger partial charge is 0.180 e. The van der Waals surface area contributed by atoms with E-state index in [1.807, 2.05) is 0 Å². The highest BCUT2D eigenvalue weighted by atomic mass is 32.1. The second-order valence-corrected chi connectivity index (χ2v) is 5.49. The Kier molecular flexibility index (Phi) is 2.48. The Morgan fingerprint density at radius 2 is 2.06 bits per heavy atom. The van der Waals surface area contributed by atoms with Gasteiger partial charge in [0, 0.05) is 10.4 Å². The van der Waals surface area contributed by atoms with Gasteiger partial charge in [0.1, 0.15) is 0 Å². The molecule has 0 fully saturated rings. The molecule has 0 unspecified atom stereocenters. The summed E-state index contributed by atoms with van der Waals surface area (Å²) in [6.07, 6.45) is 6.85. The van der Waals surface area contributed by atoms with Gasteiger partial charge in [0.15, 0.2) is 5.13 Å². The van der Waals surface area contributed by atoms with E-state index in [9.17, 15) is 0 Å². The van der Waals surface area contributed by atoms with Crippen molar-refractivity contribution in [2.45, 2.75) is 19.8 Å². The van der Waals surface area contributed by atoms with E-state index in [2.05, 4.69) is 42.3 Å². The molecule has 2 N–H and O–H groups in total. The maximum Gasteiger partial charge on any atom is 0.180 e. The molecular weight excluding hydrogens is 228 g/mol. The van der Waals surface area contributed by atoms with Gasteiger partial charge in [-0.1, -0.05) is 30.4 Å². The number of aryl methyl sites for hydroxylation is 1. The average molecular weight is 242 g/mol. The quantitative estimate of drug-likeness (QED) is 0.831. The molecule has 0 amide bonds. The molecule has 1 heterocycles. The third-order valence-electron chi connectivity index (χ3n) is 3.09. The summed E-state index contributed by atoms with van der Waals surface area (Å²) in [7, 11) is 0. The van der Waals surface area contributed by atoms with Crippen LogP contribution in [0, 0.1) is 6.92 Å². The summed E-state index contributed by atoms with van der Waals surface area (Å²) in [4.78, 5) is 5.64. The Labute approximate surface area is 104 Å². The molecule has 0 bridgehead atoms. The summed E-state index contributed by atoms with van der Waals surface area (Å²) in [5, 5.41) is 3.28. The van der Waals surface area contributed by atoms with Gasteiger partial charge in [-0.05, 0) is 30.2 Å². The molecule has 3 heteroatoms. The van der Waals surface area contributed by atoms with E-state index in [4.69, 9.17) is 5.73 Å². The third-order valence-corrected chi connectivity index (χ3v) is 3.89. The minimum Gasteiger partial charge on any atom is -0.375 e. The molecule has 0 saturated heterocycles. The Bertz CT molecular complexity index is 683. The lowest BCUT2D eigenvalue weighted by Gasteiger charge is -2.05. The minimum absolute atomic E-state index is 0.648. The second-order valence-electron chi connectivity index (χ2n) is 4.25. The number of nitrogens with two attached hydrogens (primary N) is 1. The summed E-state index contributed by atoms with van der Waals surface area (Å²) in [5.74, 6) is 0. The number of fused-ring (bicyclic) bond motifs is 1. The Morgan fingerprint density at radius 1 is 1.24 bits per heavy atom. The first kappa shape index (κ1) is 10.5. The lowest BCUT2D eigenvalue weighted by Crippen LogP contribution is -2.28. The Morgan fingerprint density at radius 3 is 2.82 bits per heavy atom. The fourth-order valence-electron chi connectivity index (χ4n) is 2.33. The van der Waals surface area contributed by atoms with E-state index < -0.39 is 0 Å². The van der Waals surface area contributed by atoms with Crippen LogP contribution in [0.25, 0.3) is 23.4 Å². The lowest BCUT2D eigenvalue weighted by molar-refractivity contribution is 1.12. The molecular formula is C14H14N2S. The number of nitrogen functional groups attached to an aromatic ring is 1.